The lowest BCUT2D eigenvalue weighted by molar-refractivity contribution is 0.0700. The Morgan fingerprint density at radius 3 is 3.09 bits per heavy atom. The Hall–Kier alpha value is -2.12. The van der Waals surface area contributed by atoms with Gasteiger partial charge in [-0.05, 0) is 6.42 Å². The van der Waals surface area contributed by atoms with Gasteiger partial charge in [-0.15, -0.1) is 0 Å². The zero-order valence-corrected chi connectivity index (χ0v) is 13.3. The number of carbonyl (C=O) groups is 1. The van der Waals surface area contributed by atoms with Crippen molar-refractivity contribution < 1.29 is 18.8 Å². The first-order chi connectivity index (χ1) is 11.1. The molecule has 122 valence electrons. The summed E-state index contributed by atoms with van der Waals surface area (Å²) < 4.78 is 15.9. The molecule has 1 amide bonds. The summed E-state index contributed by atoms with van der Waals surface area (Å²) in [5.74, 6) is 0.770. The van der Waals surface area contributed by atoms with E-state index in [9.17, 15) is 4.79 Å². The van der Waals surface area contributed by atoms with Crippen molar-refractivity contribution in [3.8, 4) is 5.75 Å². The third-order valence-corrected chi connectivity index (χ3v) is 3.82. The monoisotopic (exact) mass is 337 g/mol. The molecule has 2 aromatic rings. The third-order valence-electron chi connectivity index (χ3n) is 3.61. The molecule has 1 unspecified atom stereocenters. The molecule has 1 aliphatic rings. The number of rotatable bonds is 5. The van der Waals surface area contributed by atoms with E-state index in [2.05, 4.69) is 10.1 Å². The zero-order chi connectivity index (χ0) is 16.2. The van der Waals surface area contributed by atoms with Gasteiger partial charge in [0, 0.05) is 32.0 Å². The molecular formula is C15H16ClN3O4. The molecule has 3 heterocycles. The van der Waals surface area contributed by atoms with Crippen LogP contribution in [0.3, 0.4) is 0 Å². The summed E-state index contributed by atoms with van der Waals surface area (Å²) in [6.07, 6.45) is 3.89. The van der Waals surface area contributed by atoms with Crippen LogP contribution in [0, 0.1) is 0 Å². The number of ether oxygens (including phenoxy) is 2. The summed E-state index contributed by atoms with van der Waals surface area (Å²) in [7, 11) is 1.74. The van der Waals surface area contributed by atoms with E-state index < -0.39 is 0 Å². The average Bonchev–Trinajstić information content (AvgIpc) is 3.23. The molecule has 8 heteroatoms. The van der Waals surface area contributed by atoms with E-state index in [1.807, 2.05) is 0 Å². The summed E-state index contributed by atoms with van der Waals surface area (Å²) in [4.78, 5) is 17.9. The van der Waals surface area contributed by atoms with Crippen LogP contribution in [0.4, 0.5) is 0 Å². The number of hydrogen-bond donors (Lipinski definition) is 0. The minimum atomic E-state index is -0.195. The van der Waals surface area contributed by atoms with Gasteiger partial charge in [0.25, 0.3) is 5.91 Å². The molecule has 0 N–H and O–H groups in total. The molecule has 0 spiro atoms. The van der Waals surface area contributed by atoms with Gasteiger partial charge < -0.3 is 18.9 Å². The van der Waals surface area contributed by atoms with Crippen molar-refractivity contribution in [3.05, 3.63) is 41.0 Å². The molecule has 23 heavy (non-hydrogen) atoms. The number of amides is 1. The predicted octanol–water partition coefficient (Wildman–Crippen LogP) is 2.16. The van der Waals surface area contributed by atoms with E-state index in [1.54, 1.807) is 30.3 Å². The van der Waals surface area contributed by atoms with Crippen LogP contribution in [0.25, 0.3) is 0 Å². The van der Waals surface area contributed by atoms with Gasteiger partial charge in [0.1, 0.15) is 12.4 Å². The number of pyridine rings is 1. The number of aromatic nitrogens is 2. The number of hydrogen-bond acceptors (Lipinski definition) is 6. The van der Waals surface area contributed by atoms with Crippen molar-refractivity contribution in [2.45, 2.75) is 19.1 Å². The Morgan fingerprint density at radius 1 is 1.48 bits per heavy atom. The number of carbonyl (C=O) groups excluding carboxylic acids is 1. The number of nitrogens with zero attached hydrogens (tertiary/aromatic N) is 3. The fourth-order valence-electron chi connectivity index (χ4n) is 2.28. The largest absolute Gasteiger partial charge is 0.484 e. The van der Waals surface area contributed by atoms with Crippen LogP contribution in [0.1, 0.15) is 22.7 Å². The molecule has 1 aliphatic heterocycles. The summed E-state index contributed by atoms with van der Waals surface area (Å²) in [6.45, 7) is 1.37. The van der Waals surface area contributed by atoms with Crippen molar-refractivity contribution >= 4 is 17.5 Å². The van der Waals surface area contributed by atoms with Gasteiger partial charge in [-0.25, -0.2) is 0 Å². The maximum Gasteiger partial charge on any atom is 0.276 e. The smallest absolute Gasteiger partial charge is 0.276 e. The van der Waals surface area contributed by atoms with Gasteiger partial charge in [-0.1, -0.05) is 16.8 Å². The molecule has 0 radical (unpaired) electrons. The highest BCUT2D eigenvalue weighted by Gasteiger charge is 2.26. The lowest BCUT2D eigenvalue weighted by Gasteiger charge is -2.21. The quantitative estimate of drug-likeness (QED) is 0.832. The molecule has 1 atom stereocenters. The van der Waals surface area contributed by atoms with E-state index >= 15 is 0 Å². The van der Waals surface area contributed by atoms with Crippen LogP contribution in [-0.2, 0) is 11.3 Å². The van der Waals surface area contributed by atoms with E-state index in [0.717, 1.165) is 6.42 Å². The molecule has 1 saturated heterocycles. The third kappa shape index (κ3) is 3.80. The van der Waals surface area contributed by atoms with Crippen LogP contribution < -0.4 is 4.74 Å². The van der Waals surface area contributed by atoms with Gasteiger partial charge in [0.05, 0.1) is 23.9 Å². The summed E-state index contributed by atoms with van der Waals surface area (Å²) in [5, 5.41) is 4.29. The molecule has 0 bridgehead atoms. The molecular weight excluding hydrogens is 322 g/mol. The van der Waals surface area contributed by atoms with Crippen LogP contribution in [0.15, 0.2) is 29.0 Å². The van der Waals surface area contributed by atoms with Gasteiger partial charge in [-0.2, -0.15) is 0 Å². The fourth-order valence-corrected chi connectivity index (χ4v) is 2.45. The second kappa shape index (κ2) is 6.97. The van der Waals surface area contributed by atoms with Crippen LogP contribution in [0.2, 0.25) is 5.02 Å². The van der Waals surface area contributed by atoms with Gasteiger partial charge in [0.2, 0.25) is 0 Å². The van der Waals surface area contributed by atoms with Gasteiger partial charge >= 0.3 is 0 Å². The first-order valence-corrected chi connectivity index (χ1v) is 7.55. The SMILES string of the molecule is CN(C(=O)c1cc(COc2cncc(Cl)c2)on1)C1CCOC1. The minimum Gasteiger partial charge on any atom is -0.484 e. The summed E-state index contributed by atoms with van der Waals surface area (Å²) in [6, 6.07) is 3.30. The Kier molecular flexibility index (Phi) is 4.78. The second-order valence-electron chi connectivity index (χ2n) is 5.24. The second-order valence-corrected chi connectivity index (χ2v) is 5.68. The Bertz CT molecular complexity index is 685. The van der Waals surface area contributed by atoms with E-state index in [1.165, 1.54) is 6.20 Å². The van der Waals surface area contributed by atoms with Crippen molar-refractivity contribution in [2.24, 2.45) is 0 Å². The zero-order valence-electron chi connectivity index (χ0n) is 12.6. The predicted molar refractivity (Wildman–Crippen MR) is 81.4 cm³/mol. The molecule has 0 aromatic carbocycles. The number of halogens is 1. The highest BCUT2D eigenvalue weighted by atomic mass is 35.5. The first-order valence-electron chi connectivity index (χ1n) is 7.17. The fraction of sp³-hybridized carbons (Fsp3) is 0.400. The molecule has 0 aliphatic carbocycles. The Labute approximate surface area is 138 Å². The standard InChI is InChI=1S/C15H16ClN3O4/c1-19(11-2-3-21-8-11)15(20)14-5-13(23-18-14)9-22-12-4-10(16)6-17-7-12/h4-7,11H,2-3,8-9H2,1H3. The highest BCUT2D eigenvalue weighted by molar-refractivity contribution is 6.30. The van der Waals surface area contributed by atoms with Crippen LogP contribution >= 0.6 is 11.6 Å². The van der Waals surface area contributed by atoms with E-state index in [4.69, 9.17) is 25.6 Å². The minimum absolute atomic E-state index is 0.0800. The van der Waals surface area contributed by atoms with Gasteiger partial charge in [0.15, 0.2) is 11.5 Å². The summed E-state index contributed by atoms with van der Waals surface area (Å²) in [5.41, 5.74) is 0.252. The highest BCUT2D eigenvalue weighted by Crippen LogP contribution is 2.18. The molecule has 2 aromatic heterocycles. The molecule has 1 fully saturated rings. The topological polar surface area (TPSA) is 77.7 Å². The number of likely N-dealkylation sites (N-methyl/N-ethyl adjacent to an activating group) is 1. The van der Waals surface area contributed by atoms with Crippen molar-refractivity contribution in [1.29, 1.82) is 0 Å². The Morgan fingerprint density at radius 2 is 2.35 bits per heavy atom. The van der Waals surface area contributed by atoms with Crippen LogP contribution in [-0.4, -0.2) is 47.3 Å². The van der Waals surface area contributed by atoms with E-state index in [0.29, 0.717) is 29.7 Å². The normalized spacial score (nSPS) is 17.2. The average molecular weight is 338 g/mol. The maximum atomic E-state index is 12.3. The molecule has 3 rings (SSSR count). The Balaban J connectivity index is 1.60. The van der Waals surface area contributed by atoms with Crippen molar-refractivity contribution in [2.75, 3.05) is 20.3 Å². The van der Waals surface area contributed by atoms with Crippen molar-refractivity contribution in [3.63, 3.8) is 0 Å². The molecule has 7 nitrogen and oxygen atoms in total. The lowest BCUT2D eigenvalue weighted by atomic mass is 10.2. The molecule has 0 saturated carbocycles. The van der Waals surface area contributed by atoms with E-state index in [-0.39, 0.29) is 24.2 Å². The lowest BCUT2D eigenvalue weighted by Crippen LogP contribution is -2.37. The van der Waals surface area contributed by atoms with Crippen molar-refractivity contribution in [1.82, 2.24) is 15.0 Å². The first kappa shape index (κ1) is 15.8. The maximum absolute atomic E-state index is 12.3. The summed E-state index contributed by atoms with van der Waals surface area (Å²) >= 11 is 5.83. The van der Waals surface area contributed by atoms with Gasteiger partial charge in [-0.3, -0.25) is 9.78 Å². The van der Waals surface area contributed by atoms with Crippen LogP contribution in [0.5, 0.6) is 5.75 Å².